The van der Waals surface area contributed by atoms with Crippen molar-refractivity contribution in [2.45, 2.75) is 6.61 Å². The van der Waals surface area contributed by atoms with Gasteiger partial charge < -0.3 is 5.11 Å². The van der Waals surface area contributed by atoms with Crippen molar-refractivity contribution >= 4 is 0 Å². The van der Waals surface area contributed by atoms with Gasteiger partial charge in [-0.15, -0.1) is 0 Å². The molecule has 3 nitrogen and oxygen atoms in total. The minimum atomic E-state index is 0.226. The Labute approximate surface area is 65.1 Å². The summed E-state index contributed by atoms with van der Waals surface area (Å²) in [6.07, 6.45) is 0. The van der Waals surface area contributed by atoms with Gasteiger partial charge in [-0.05, 0) is 6.07 Å². The average Bonchev–Trinajstić information content (AvgIpc) is 2.03. The Morgan fingerprint density at radius 3 is 2.73 bits per heavy atom. The zero-order valence-electron chi connectivity index (χ0n) is 6.28. The lowest BCUT2D eigenvalue weighted by atomic mass is 10.2. The Morgan fingerprint density at radius 1 is 1.36 bits per heavy atom. The van der Waals surface area contributed by atoms with Crippen LogP contribution in [0, 0.1) is 0 Å². The molecule has 0 aliphatic rings. The molecule has 1 rings (SSSR count). The molecule has 0 heterocycles. The second-order valence-electron chi connectivity index (χ2n) is 2.06. The number of rotatable bonds is 3. The van der Waals surface area contributed by atoms with Crippen molar-refractivity contribution in [2.75, 3.05) is 7.11 Å². The normalized spacial score (nSPS) is 9.91. The van der Waals surface area contributed by atoms with Crippen LogP contribution in [0.15, 0.2) is 24.3 Å². The van der Waals surface area contributed by atoms with Crippen LogP contribution in [0.2, 0.25) is 0 Å². The first kappa shape index (κ1) is 8.04. The minimum absolute atomic E-state index is 0.226. The molecule has 1 N–H and O–H groups in total. The summed E-state index contributed by atoms with van der Waals surface area (Å²) in [5.74, 6) is 0.226. The molecule has 0 saturated heterocycles. The third-order valence-corrected chi connectivity index (χ3v) is 1.32. The van der Waals surface area contributed by atoms with E-state index in [0.717, 1.165) is 0 Å². The fourth-order valence-electron chi connectivity index (χ4n) is 0.755. The lowest BCUT2D eigenvalue weighted by molar-refractivity contribution is -0.282. The van der Waals surface area contributed by atoms with Crippen molar-refractivity contribution in [3.05, 3.63) is 29.8 Å². The van der Waals surface area contributed by atoms with E-state index in [1.165, 1.54) is 7.11 Å². The molecule has 11 heavy (non-hydrogen) atoms. The van der Waals surface area contributed by atoms with Crippen LogP contribution >= 0.6 is 0 Å². The van der Waals surface area contributed by atoms with Crippen LogP contribution in [0.3, 0.4) is 0 Å². The number of phenolic OH excluding ortho intramolecular Hbond substituents is 1. The lowest BCUT2D eigenvalue weighted by Crippen LogP contribution is -1.90. The van der Waals surface area contributed by atoms with Crippen LogP contribution in [0.5, 0.6) is 5.75 Å². The molecular formula is C8H10O3. The molecule has 0 unspecified atom stereocenters. The zero-order chi connectivity index (χ0) is 8.10. The Kier molecular flexibility index (Phi) is 2.89. The molecule has 0 fully saturated rings. The van der Waals surface area contributed by atoms with Gasteiger partial charge in [-0.1, -0.05) is 18.2 Å². The van der Waals surface area contributed by atoms with Gasteiger partial charge in [-0.2, -0.15) is 0 Å². The van der Waals surface area contributed by atoms with Crippen molar-refractivity contribution in [1.82, 2.24) is 0 Å². The molecule has 0 atom stereocenters. The third kappa shape index (κ3) is 2.22. The highest BCUT2D eigenvalue weighted by Gasteiger charge is 1.97. The molecule has 0 radical (unpaired) electrons. The maximum Gasteiger partial charge on any atom is 0.121 e. The molecule has 3 heteroatoms. The van der Waals surface area contributed by atoms with Gasteiger partial charge in [0.15, 0.2) is 0 Å². The van der Waals surface area contributed by atoms with Gasteiger partial charge in [0, 0.05) is 5.56 Å². The van der Waals surface area contributed by atoms with Crippen molar-refractivity contribution < 1.29 is 14.9 Å². The Morgan fingerprint density at radius 2 is 2.09 bits per heavy atom. The van der Waals surface area contributed by atoms with Gasteiger partial charge >= 0.3 is 0 Å². The minimum Gasteiger partial charge on any atom is -0.508 e. The Balaban J connectivity index is 2.62. The summed E-state index contributed by atoms with van der Waals surface area (Å²) >= 11 is 0. The predicted octanol–water partition coefficient (Wildman–Crippen LogP) is 1.47. The summed E-state index contributed by atoms with van der Waals surface area (Å²) in [4.78, 5) is 9.03. The maximum absolute atomic E-state index is 9.20. The van der Waals surface area contributed by atoms with Crippen molar-refractivity contribution in [2.24, 2.45) is 0 Å². The van der Waals surface area contributed by atoms with E-state index in [4.69, 9.17) is 0 Å². The molecule has 0 aliphatic carbocycles. The number of hydrogen-bond acceptors (Lipinski definition) is 3. The summed E-state index contributed by atoms with van der Waals surface area (Å²) < 4.78 is 0. The SMILES string of the molecule is COOCc1ccccc1O. The Bertz CT molecular complexity index is 222. The average molecular weight is 154 g/mol. The van der Waals surface area contributed by atoms with Gasteiger partial charge in [0.2, 0.25) is 0 Å². The van der Waals surface area contributed by atoms with Crippen molar-refractivity contribution in [1.29, 1.82) is 0 Å². The quantitative estimate of drug-likeness (QED) is 0.529. The van der Waals surface area contributed by atoms with E-state index in [9.17, 15) is 5.11 Å². The summed E-state index contributed by atoms with van der Waals surface area (Å²) in [7, 11) is 1.43. The zero-order valence-corrected chi connectivity index (χ0v) is 6.28. The summed E-state index contributed by atoms with van der Waals surface area (Å²) in [6, 6.07) is 6.96. The third-order valence-electron chi connectivity index (χ3n) is 1.32. The molecule has 0 aromatic heterocycles. The van der Waals surface area contributed by atoms with E-state index in [1.807, 2.05) is 6.07 Å². The monoisotopic (exact) mass is 154 g/mol. The topological polar surface area (TPSA) is 38.7 Å². The van der Waals surface area contributed by atoms with Crippen LogP contribution in [0.25, 0.3) is 0 Å². The highest BCUT2D eigenvalue weighted by molar-refractivity contribution is 5.30. The highest BCUT2D eigenvalue weighted by Crippen LogP contribution is 2.15. The summed E-state index contributed by atoms with van der Waals surface area (Å²) in [5, 5.41) is 9.20. The molecule has 1 aromatic rings. The van der Waals surface area contributed by atoms with E-state index in [-0.39, 0.29) is 12.4 Å². The van der Waals surface area contributed by atoms with Crippen LogP contribution in [-0.2, 0) is 16.4 Å². The first-order chi connectivity index (χ1) is 5.34. The fraction of sp³-hybridized carbons (Fsp3) is 0.250. The van der Waals surface area contributed by atoms with E-state index in [0.29, 0.717) is 5.56 Å². The highest BCUT2D eigenvalue weighted by atomic mass is 17.2. The summed E-state index contributed by atoms with van der Waals surface area (Å²) in [6.45, 7) is 0.267. The molecule has 60 valence electrons. The molecule has 1 aromatic carbocycles. The second kappa shape index (κ2) is 3.95. The first-order valence-electron chi connectivity index (χ1n) is 3.27. The Hall–Kier alpha value is -1.06. The van der Waals surface area contributed by atoms with Crippen LogP contribution in [-0.4, -0.2) is 12.2 Å². The first-order valence-corrected chi connectivity index (χ1v) is 3.27. The second-order valence-corrected chi connectivity index (χ2v) is 2.06. The molecule has 0 aliphatic heterocycles. The van der Waals surface area contributed by atoms with Gasteiger partial charge in [-0.3, -0.25) is 0 Å². The number of benzene rings is 1. The maximum atomic E-state index is 9.20. The number of phenols is 1. The van der Waals surface area contributed by atoms with Crippen LogP contribution in [0.4, 0.5) is 0 Å². The molecule has 0 spiro atoms. The predicted molar refractivity (Wildman–Crippen MR) is 39.9 cm³/mol. The van der Waals surface area contributed by atoms with Gasteiger partial charge in [0.1, 0.15) is 12.4 Å². The lowest BCUT2D eigenvalue weighted by Gasteiger charge is -2.01. The van der Waals surface area contributed by atoms with Crippen molar-refractivity contribution in [3.63, 3.8) is 0 Å². The summed E-state index contributed by atoms with van der Waals surface area (Å²) in [5.41, 5.74) is 0.717. The standard InChI is InChI=1S/C8H10O3/c1-10-11-6-7-4-2-3-5-8(7)9/h2-5,9H,6H2,1H3. The number of para-hydroxylation sites is 1. The van der Waals surface area contributed by atoms with E-state index in [2.05, 4.69) is 9.78 Å². The smallest absolute Gasteiger partial charge is 0.121 e. The van der Waals surface area contributed by atoms with E-state index in [1.54, 1.807) is 18.2 Å². The van der Waals surface area contributed by atoms with E-state index < -0.39 is 0 Å². The molecule has 0 bridgehead atoms. The van der Waals surface area contributed by atoms with Gasteiger partial charge in [-0.25, -0.2) is 9.78 Å². The van der Waals surface area contributed by atoms with Gasteiger partial charge in [0.25, 0.3) is 0 Å². The van der Waals surface area contributed by atoms with Crippen LogP contribution in [0.1, 0.15) is 5.56 Å². The van der Waals surface area contributed by atoms with E-state index >= 15 is 0 Å². The number of hydrogen-bond donors (Lipinski definition) is 1. The molecule has 0 amide bonds. The molecule has 0 saturated carbocycles. The van der Waals surface area contributed by atoms with Gasteiger partial charge in [0.05, 0.1) is 7.11 Å². The largest absolute Gasteiger partial charge is 0.508 e. The number of aromatic hydroxyl groups is 1. The van der Waals surface area contributed by atoms with Crippen molar-refractivity contribution in [3.8, 4) is 5.75 Å². The fourth-order valence-corrected chi connectivity index (χ4v) is 0.755. The molecular weight excluding hydrogens is 144 g/mol. The van der Waals surface area contributed by atoms with Crippen LogP contribution < -0.4 is 0 Å².